The molecule has 0 atom stereocenters. The molecule has 0 bridgehead atoms. The molecule has 80 valence electrons. The lowest BCUT2D eigenvalue weighted by atomic mass is 9.55. The molecule has 0 unspecified atom stereocenters. The van der Waals surface area contributed by atoms with E-state index in [9.17, 15) is 0 Å². The van der Waals surface area contributed by atoms with Crippen LogP contribution in [0.1, 0.15) is 65.7 Å². The molecule has 14 heavy (non-hydrogen) atoms. The van der Waals surface area contributed by atoms with Gasteiger partial charge in [-0.3, -0.25) is 0 Å². The van der Waals surface area contributed by atoms with E-state index >= 15 is 0 Å². The summed E-state index contributed by atoms with van der Waals surface area (Å²) in [6.45, 7) is 6.88. The molecule has 0 aliphatic heterocycles. The van der Waals surface area contributed by atoms with E-state index in [1.54, 1.807) is 0 Å². The van der Waals surface area contributed by atoms with Crippen molar-refractivity contribution >= 4 is 7.85 Å². The first-order valence-corrected chi connectivity index (χ1v) is 6.37. The lowest BCUT2D eigenvalue weighted by Gasteiger charge is -2.37. The highest BCUT2D eigenvalue weighted by Crippen LogP contribution is 2.45. The van der Waals surface area contributed by atoms with Gasteiger partial charge in [0.1, 0.15) is 0 Å². The van der Waals surface area contributed by atoms with Gasteiger partial charge in [0.05, 0.1) is 7.85 Å². The van der Waals surface area contributed by atoms with Crippen molar-refractivity contribution in [2.75, 3.05) is 0 Å². The molecule has 0 aromatic heterocycles. The minimum atomic E-state index is 0.138. The van der Waals surface area contributed by atoms with Crippen LogP contribution < -0.4 is 0 Å². The van der Waals surface area contributed by atoms with Crippen LogP contribution in [-0.4, -0.2) is 7.85 Å². The van der Waals surface area contributed by atoms with E-state index in [0.717, 1.165) is 5.92 Å². The summed E-state index contributed by atoms with van der Waals surface area (Å²) in [6.07, 6.45) is 9.33. The van der Waals surface area contributed by atoms with Crippen molar-refractivity contribution in [1.29, 1.82) is 0 Å². The molecule has 0 heterocycles. The van der Waals surface area contributed by atoms with E-state index in [2.05, 4.69) is 20.8 Å². The van der Waals surface area contributed by atoms with Gasteiger partial charge < -0.3 is 0 Å². The first-order valence-electron chi connectivity index (χ1n) is 6.37. The number of hydrogen-bond acceptors (Lipinski definition) is 0. The van der Waals surface area contributed by atoms with Crippen LogP contribution in [0.15, 0.2) is 0 Å². The zero-order valence-corrected chi connectivity index (χ0v) is 10.2. The summed E-state index contributed by atoms with van der Waals surface area (Å²) >= 11 is 0. The van der Waals surface area contributed by atoms with Crippen LogP contribution in [0.25, 0.3) is 0 Å². The van der Waals surface area contributed by atoms with Gasteiger partial charge in [-0.2, -0.15) is 0 Å². The van der Waals surface area contributed by atoms with E-state index in [1.807, 2.05) is 0 Å². The van der Waals surface area contributed by atoms with E-state index < -0.39 is 0 Å². The molecule has 0 saturated heterocycles. The fraction of sp³-hybridized carbons (Fsp3) is 1.00. The largest absolute Gasteiger partial charge is 0.0749 e. The van der Waals surface area contributed by atoms with E-state index in [1.165, 1.54) is 44.9 Å². The lowest BCUT2D eigenvalue weighted by molar-refractivity contribution is 0.278. The van der Waals surface area contributed by atoms with Gasteiger partial charge >= 0.3 is 0 Å². The molecule has 2 radical (unpaired) electrons. The molecule has 1 heteroatoms. The van der Waals surface area contributed by atoms with Crippen molar-refractivity contribution in [3.63, 3.8) is 0 Å². The van der Waals surface area contributed by atoms with Crippen LogP contribution in [0.3, 0.4) is 0 Å². The monoisotopic (exact) mass is 192 g/mol. The zero-order chi connectivity index (χ0) is 10.6. The van der Waals surface area contributed by atoms with Crippen LogP contribution in [0.4, 0.5) is 0 Å². The van der Waals surface area contributed by atoms with Crippen LogP contribution >= 0.6 is 0 Å². The second-order valence-electron chi connectivity index (χ2n) is 5.45. The Balaban J connectivity index is 2.47. The highest BCUT2D eigenvalue weighted by molar-refractivity contribution is 6.15. The van der Waals surface area contributed by atoms with Gasteiger partial charge in [-0.05, 0) is 11.8 Å². The Morgan fingerprint density at radius 2 is 1.71 bits per heavy atom. The molecule has 0 N–H and O–H groups in total. The van der Waals surface area contributed by atoms with Crippen LogP contribution in [0.2, 0.25) is 5.31 Å². The van der Waals surface area contributed by atoms with Crippen molar-refractivity contribution in [3.05, 3.63) is 0 Å². The van der Waals surface area contributed by atoms with Gasteiger partial charge in [0.2, 0.25) is 0 Å². The molecule has 1 rings (SSSR count). The molecule has 0 aromatic rings. The third-order valence-corrected chi connectivity index (χ3v) is 4.24. The molecule has 1 aliphatic rings. The number of rotatable bonds is 2. The van der Waals surface area contributed by atoms with Crippen molar-refractivity contribution < 1.29 is 0 Å². The van der Waals surface area contributed by atoms with Crippen LogP contribution in [0, 0.1) is 11.8 Å². The maximum Gasteiger partial charge on any atom is 0.0749 e. The summed E-state index contributed by atoms with van der Waals surface area (Å²) in [5, 5.41) is 0.138. The average molecular weight is 192 g/mol. The minimum absolute atomic E-state index is 0.138. The predicted octanol–water partition coefficient (Wildman–Crippen LogP) is 4.35. The summed E-state index contributed by atoms with van der Waals surface area (Å²) in [5.74, 6) is 1.62. The third-order valence-electron chi connectivity index (χ3n) is 4.24. The quantitative estimate of drug-likeness (QED) is 0.570. The Morgan fingerprint density at radius 3 is 2.07 bits per heavy atom. The Labute approximate surface area is 91.3 Å². The summed E-state index contributed by atoms with van der Waals surface area (Å²) in [5.41, 5.74) is 0. The first-order chi connectivity index (χ1) is 6.58. The maximum absolute atomic E-state index is 6.46. The average Bonchev–Trinajstić information content (AvgIpc) is 2.11. The predicted molar refractivity (Wildman–Crippen MR) is 64.8 cm³/mol. The van der Waals surface area contributed by atoms with E-state index in [0.29, 0.717) is 5.92 Å². The van der Waals surface area contributed by atoms with Gasteiger partial charge in [0, 0.05) is 0 Å². The van der Waals surface area contributed by atoms with E-state index in [4.69, 9.17) is 7.85 Å². The smallest absolute Gasteiger partial charge is 0.0651 e. The lowest BCUT2D eigenvalue weighted by Crippen LogP contribution is -2.22. The van der Waals surface area contributed by atoms with Gasteiger partial charge in [-0.25, -0.2) is 0 Å². The van der Waals surface area contributed by atoms with Gasteiger partial charge in [-0.15, -0.1) is 0 Å². The Bertz CT molecular complexity index is 153. The minimum Gasteiger partial charge on any atom is -0.0651 e. The molecule has 0 aromatic carbocycles. The Hall–Kier alpha value is 0.0649. The molecular formula is C13H25B. The number of hydrogen-bond donors (Lipinski definition) is 0. The molecule has 1 saturated carbocycles. The topological polar surface area (TPSA) is 0 Å². The van der Waals surface area contributed by atoms with Gasteiger partial charge in [-0.1, -0.05) is 71.0 Å². The van der Waals surface area contributed by atoms with Crippen molar-refractivity contribution in [2.24, 2.45) is 11.8 Å². The third kappa shape index (κ3) is 3.03. The molecule has 1 fully saturated rings. The first kappa shape index (κ1) is 12.1. The standard InChI is InChI=1S/C13H25B/c1-4-12-7-5-9-13(14,11(2)3)10-6-8-12/h11-12H,4-10H2,1-3H3. The second kappa shape index (κ2) is 5.23. The van der Waals surface area contributed by atoms with Gasteiger partial charge in [0.15, 0.2) is 0 Å². The zero-order valence-electron chi connectivity index (χ0n) is 10.2. The van der Waals surface area contributed by atoms with E-state index in [-0.39, 0.29) is 5.31 Å². The Kier molecular flexibility index (Phi) is 4.54. The van der Waals surface area contributed by atoms with Crippen molar-refractivity contribution in [3.8, 4) is 0 Å². The molecule has 0 spiro atoms. The molecule has 0 amide bonds. The molecule has 1 aliphatic carbocycles. The summed E-state index contributed by atoms with van der Waals surface area (Å²) in [4.78, 5) is 0. The van der Waals surface area contributed by atoms with Crippen LogP contribution in [-0.2, 0) is 0 Å². The van der Waals surface area contributed by atoms with Crippen molar-refractivity contribution in [2.45, 2.75) is 71.0 Å². The summed E-state index contributed by atoms with van der Waals surface area (Å²) in [7, 11) is 6.46. The van der Waals surface area contributed by atoms with Crippen LogP contribution in [0.5, 0.6) is 0 Å². The summed E-state index contributed by atoms with van der Waals surface area (Å²) < 4.78 is 0. The second-order valence-corrected chi connectivity index (χ2v) is 5.45. The molecular weight excluding hydrogens is 167 g/mol. The van der Waals surface area contributed by atoms with Gasteiger partial charge in [0.25, 0.3) is 0 Å². The fourth-order valence-corrected chi connectivity index (χ4v) is 2.69. The highest BCUT2D eigenvalue weighted by Gasteiger charge is 2.28. The normalized spacial score (nSPS) is 35.3. The fourth-order valence-electron chi connectivity index (χ4n) is 2.69. The molecule has 0 nitrogen and oxygen atoms in total. The maximum atomic E-state index is 6.46. The SMILES string of the molecule is [B]C1(C(C)C)CCCC(CC)CCC1. The highest BCUT2D eigenvalue weighted by atomic mass is 14.3. The Morgan fingerprint density at radius 1 is 1.21 bits per heavy atom. The van der Waals surface area contributed by atoms with Crippen molar-refractivity contribution in [1.82, 2.24) is 0 Å². The summed E-state index contributed by atoms with van der Waals surface area (Å²) in [6, 6.07) is 0.